The van der Waals surface area contributed by atoms with E-state index < -0.39 is 9.84 Å². The molecule has 0 aliphatic carbocycles. The largest absolute Gasteiger partial charge is 0.317 e. The second-order valence-corrected chi connectivity index (χ2v) is 6.85. The summed E-state index contributed by atoms with van der Waals surface area (Å²) in [5.41, 5.74) is 0. The van der Waals surface area contributed by atoms with Gasteiger partial charge < -0.3 is 5.32 Å². The van der Waals surface area contributed by atoms with Crippen LogP contribution in [0.2, 0.25) is 0 Å². The third kappa shape index (κ3) is 6.15. The summed E-state index contributed by atoms with van der Waals surface area (Å²) in [6.45, 7) is 9.65. The average Bonchev–Trinajstić information content (AvgIpc) is 2.16. The Labute approximate surface area is 94.6 Å². The lowest BCUT2D eigenvalue weighted by Gasteiger charge is -2.16. The Morgan fingerprint density at radius 2 is 1.73 bits per heavy atom. The van der Waals surface area contributed by atoms with E-state index in [0.717, 1.165) is 25.9 Å². The van der Waals surface area contributed by atoms with Gasteiger partial charge in [-0.05, 0) is 38.8 Å². The predicted octanol–water partition coefficient (Wildman–Crippen LogP) is 1.84. The second-order valence-electron chi connectivity index (χ2n) is 4.38. The molecule has 0 fully saturated rings. The van der Waals surface area contributed by atoms with Crippen molar-refractivity contribution in [2.45, 2.75) is 45.8 Å². The van der Waals surface area contributed by atoms with E-state index in [2.05, 4.69) is 12.2 Å². The molecule has 0 aromatic rings. The molecule has 0 bridgehead atoms. The first-order valence-electron chi connectivity index (χ1n) is 5.84. The van der Waals surface area contributed by atoms with Crippen molar-refractivity contribution in [1.29, 1.82) is 0 Å². The van der Waals surface area contributed by atoms with Crippen LogP contribution >= 0.6 is 0 Å². The highest BCUT2D eigenvalue weighted by atomic mass is 32.2. The maximum Gasteiger partial charge on any atom is 0.153 e. The monoisotopic (exact) mass is 235 g/mol. The number of hydrogen-bond acceptors (Lipinski definition) is 3. The van der Waals surface area contributed by atoms with Crippen molar-refractivity contribution in [3.8, 4) is 0 Å². The van der Waals surface area contributed by atoms with E-state index >= 15 is 0 Å². The quantitative estimate of drug-likeness (QED) is 0.653. The van der Waals surface area contributed by atoms with E-state index in [1.165, 1.54) is 0 Å². The molecule has 0 radical (unpaired) electrons. The van der Waals surface area contributed by atoms with Gasteiger partial charge in [-0.3, -0.25) is 0 Å². The minimum atomic E-state index is -2.87. The highest BCUT2D eigenvalue weighted by Gasteiger charge is 2.22. The van der Waals surface area contributed by atoms with E-state index in [0.29, 0.717) is 5.75 Å². The third-order valence-electron chi connectivity index (χ3n) is 2.79. The zero-order valence-electron chi connectivity index (χ0n) is 10.4. The molecule has 0 heterocycles. The van der Waals surface area contributed by atoms with Crippen molar-refractivity contribution in [3.05, 3.63) is 0 Å². The lowest BCUT2D eigenvalue weighted by Crippen LogP contribution is -2.26. The highest BCUT2D eigenvalue weighted by Crippen LogP contribution is 2.13. The maximum atomic E-state index is 11.8. The van der Waals surface area contributed by atoms with Crippen LogP contribution in [0.4, 0.5) is 0 Å². The Hall–Kier alpha value is -0.0900. The Balaban J connectivity index is 3.85. The van der Waals surface area contributed by atoms with Crippen LogP contribution < -0.4 is 5.32 Å². The van der Waals surface area contributed by atoms with Crippen LogP contribution in [0.15, 0.2) is 0 Å². The molecule has 0 rings (SSSR count). The SMILES string of the molecule is CCNCCCCS(=O)(=O)C(C)C(C)C. The average molecular weight is 235 g/mol. The first-order valence-corrected chi connectivity index (χ1v) is 7.55. The van der Waals surface area contributed by atoms with Crippen molar-refractivity contribution >= 4 is 9.84 Å². The number of rotatable bonds is 8. The van der Waals surface area contributed by atoms with E-state index in [-0.39, 0.29) is 11.2 Å². The van der Waals surface area contributed by atoms with Gasteiger partial charge in [0.15, 0.2) is 9.84 Å². The van der Waals surface area contributed by atoms with Crippen LogP contribution in [0.3, 0.4) is 0 Å². The second kappa shape index (κ2) is 7.23. The van der Waals surface area contributed by atoms with E-state index in [1.807, 2.05) is 20.8 Å². The van der Waals surface area contributed by atoms with Gasteiger partial charge in [0.1, 0.15) is 0 Å². The Bertz CT molecular complexity index is 247. The summed E-state index contributed by atoms with van der Waals surface area (Å²) < 4.78 is 23.6. The molecule has 0 spiro atoms. The molecule has 0 aromatic carbocycles. The van der Waals surface area contributed by atoms with Crippen molar-refractivity contribution in [1.82, 2.24) is 5.32 Å². The van der Waals surface area contributed by atoms with Crippen LogP contribution in [0.5, 0.6) is 0 Å². The Morgan fingerprint density at radius 1 is 1.13 bits per heavy atom. The van der Waals surface area contributed by atoms with Gasteiger partial charge in [0.2, 0.25) is 0 Å². The summed E-state index contributed by atoms with van der Waals surface area (Å²) in [5, 5.41) is 2.98. The van der Waals surface area contributed by atoms with Gasteiger partial charge in [0.25, 0.3) is 0 Å². The summed E-state index contributed by atoms with van der Waals surface area (Å²) in [5.74, 6) is 0.543. The van der Waals surface area contributed by atoms with Crippen molar-refractivity contribution < 1.29 is 8.42 Å². The number of unbranched alkanes of at least 4 members (excludes halogenated alkanes) is 1. The predicted molar refractivity (Wildman–Crippen MR) is 65.9 cm³/mol. The molecule has 4 heteroatoms. The molecule has 0 aliphatic heterocycles. The standard InChI is InChI=1S/C11H25NO2S/c1-5-12-8-6-7-9-15(13,14)11(4)10(2)3/h10-12H,5-9H2,1-4H3. The Kier molecular flexibility index (Phi) is 7.18. The molecule has 92 valence electrons. The summed E-state index contributed by atoms with van der Waals surface area (Å²) in [6.07, 6.45) is 1.71. The first kappa shape index (κ1) is 14.9. The number of nitrogens with one attached hydrogen (secondary N) is 1. The lowest BCUT2D eigenvalue weighted by atomic mass is 10.2. The molecular formula is C11H25NO2S. The molecule has 15 heavy (non-hydrogen) atoms. The van der Waals surface area contributed by atoms with E-state index in [1.54, 1.807) is 0 Å². The van der Waals surface area contributed by atoms with Crippen LogP contribution in [0.1, 0.15) is 40.5 Å². The van der Waals surface area contributed by atoms with E-state index in [4.69, 9.17) is 0 Å². The highest BCUT2D eigenvalue weighted by molar-refractivity contribution is 7.92. The molecule has 1 atom stereocenters. The van der Waals surface area contributed by atoms with Gasteiger partial charge in [-0.25, -0.2) is 8.42 Å². The molecule has 0 saturated heterocycles. The van der Waals surface area contributed by atoms with Crippen LogP contribution in [0, 0.1) is 5.92 Å². The molecule has 1 unspecified atom stereocenters. The molecule has 0 aliphatic rings. The zero-order valence-corrected chi connectivity index (χ0v) is 11.2. The maximum absolute atomic E-state index is 11.8. The summed E-state index contributed by atoms with van der Waals surface area (Å²) in [7, 11) is -2.87. The molecule has 0 aromatic heterocycles. The van der Waals surface area contributed by atoms with Gasteiger partial charge in [-0.1, -0.05) is 20.8 Å². The van der Waals surface area contributed by atoms with Gasteiger partial charge in [-0.2, -0.15) is 0 Å². The fraction of sp³-hybridized carbons (Fsp3) is 1.00. The van der Waals surface area contributed by atoms with Crippen molar-refractivity contribution in [2.24, 2.45) is 5.92 Å². The minimum Gasteiger partial charge on any atom is -0.317 e. The lowest BCUT2D eigenvalue weighted by molar-refractivity contribution is 0.541. The Morgan fingerprint density at radius 3 is 2.20 bits per heavy atom. The fourth-order valence-corrected chi connectivity index (χ4v) is 3.14. The van der Waals surface area contributed by atoms with Crippen molar-refractivity contribution in [3.63, 3.8) is 0 Å². The summed E-state index contributed by atoms with van der Waals surface area (Å²) in [4.78, 5) is 0. The summed E-state index contributed by atoms with van der Waals surface area (Å²) >= 11 is 0. The molecule has 0 saturated carbocycles. The zero-order chi connectivity index (χ0) is 11.9. The van der Waals surface area contributed by atoms with Gasteiger partial charge >= 0.3 is 0 Å². The topological polar surface area (TPSA) is 46.2 Å². The normalized spacial score (nSPS) is 14.5. The van der Waals surface area contributed by atoms with Gasteiger partial charge in [-0.15, -0.1) is 0 Å². The van der Waals surface area contributed by atoms with E-state index in [9.17, 15) is 8.42 Å². The van der Waals surface area contributed by atoms with Crippen LogP contribution in [-0.2, 0) is 9.84 Å². The van der Waals surface area contributed by atoms with Crippen molar-refractivity contribution in [2.75, 3.05) is 18.8 Å². The smallest absolute Gasteiger partial charge is 0.153 e. The van der Waals surface area contributed by atoms with Crippen LogP contribution in [-0.4, -0.2) is 32.5 Å². The van der Waals surface area contributed by atoms with Gasteiger partial charge in [0.05, 0.1) is 11.0 Å². The van der Waals surface area contributed by atoms with Crippen LogP contribution in [0.25, 0.3) is 0 Å². The molecule has 3 nitrogen and oxygen atoms in total. The number of sulfone groups is 1. The third-order valence-corrected chi connectivity index (χ3v) is 5.32. The fourth-order valence-electron chi connectivity index (χ4n) is 1.33. The molecular weight excluding hydrogens is 210 g/mol. The molecule has 1 N–H and O–H groups in total. The number of hydrogen-bond donors (Lipinski definition) is 1. The molecule has 0 amide bonds. The summed E-state index contributed by atoms with van der Waals surface area (Å²) in [6, 6.07) is 0. The van der Waals surface area contributed by atoms with Gasteiger partial charge in [0, 0.05) is 0 Å². The minimum absolute atomic E-state index is 0.211. The first-order chi connectivity index (χ1) is 6.91.